The van der Waals surface area contributed by atoms with Crippen LogP contribution in [0.1, 0.15) is 37.7 Å². The van der Waals surface area contributed by atoms with E-state index in [9.17, 15) is 9.59 Å². The van der Waals surface area contributed by atoms with Crippen molar-refractivity contribution in [2.75, 3.05) is 18.5 Å². The Bertz CT molecular complexity index is 485. The summed E-state index contributed by atoms with van der Waals surface area (Å²) in [5, 5.41) is 3.95. The maximum atomic E-state index is 12.4. The summed E-state index contributed by atoms with van der Waals surface area (Å²) in [7, 11) is 0. The van der Waals surface area contributed by atoms with Gasteiger partial charge in [0.25, 0.3) is 0 Å². The molecule has 0 bridgehead atoms. The van der Waals surface area contributed by atoms with Crippen LogP contribution < -0.4 is 11.1 Å². The monoisotopic (exact) mass is 412 g/mol. The van der Waals surface area contributed by atoms with E-state index >= 15 is 0 Å². The Morgan fingerprint density at radius 3 is 2.60 bits per heavy atom. The maximum Gasteiger partial charge on any atom is 0.323 e. The lowest BCUT2D eigenvalue weighted by Gasteiger charge is -2.21. The topological polar surface area (TPSA) is 81.4 Å². The largest absolute Gasteiger partial charge is 0.464 e. The Hall–Kier alpha value is -1.24. The van der Waals surface area contributed by atoms with Gasteiger partial charge in [0.2, 0.25) is 0 Å². The number of carbonyl (C=O) groups is 2. The molecule has 0 saturated carbocycles. The molecule has 1 aromatic carbocycles. The number of alkyl halides is 1. The molecule has 1 rings (SSSR count). The summed E-state index contributed by atoms with van der Waals surface area (Å²) in [6.45, 7) is 0.990. The molecule has 0 spiro atoms. The number of rotatable bonds is 14. The summed E-state index contributed by atoms with van der Waals surface area (Å²) in [5.41, 5.74) is 6.66. The van der Waals surface area contributed by atoms with Crippen molar-refractivity contribution in [1.29, 1.82) is 0 Å². The van der Waals surface area contributed by atoms with Gasteiger partial charge < -0.3 is 15.3 Å². The van der Waals surface area contributed by atoms with Crippen LogP contribution >= 0.6 is 15.9 Å². The van der Waals surface area contributed by atoms with E-state index < -0.39 is 6.04 Å². The lowest BCUT2D eigenvalue weighted by atomic mass is 10.0. The van der Waals surface area contributed by atoms with Gasteiger partial charge in [-0.1, -0.05) is 52.7 Å². The predicted molar refractivity (Wildman–Crippen MR) is 104 cm³/mol. The molecule has 0 amide bonds. The lowest BCUT2D eigenvalue weighted by molar-refractivity contribution is -0.146. The maximum absolute atomic E-state index is 12.4. The fourth-order valence-corrected chi connectivity index (χ4v) is 2.74. The minimum atomic E-state index is -0.483. The van der Waals surface area contributed by atoms with Crippen molar-refractivity contribution in [3.63, 3.8) is 0 Å². The number of nitrogens with one attached hydrogen (secondary N) is 1. The molecular weight excluding hydrogens is 384 g/mol. The molecule has 0 aliphatic carbocycles. The molecule has 25 heavy (non-hydrogen) atoms. The van der Waals surface area contributed by atoms with Gasteiger partial charge in [-0.2, -0.15) is 0 Å². The van der Waals surface area contributed by atoms with Crippen LogP contribution in [0.15, 0.2) is 30.3 Å². The third-order valence-electron chi connectivity index (χ3n) is 3.92. The summed E-state index contributed by atoms with van der Waals surface area (Å²) in [4.78, 5) is 23.7. The number of nitrogens with two attached hydrogens (primary N) is 1. The zero-order chi connectivity index (χ0) is 18.3. The van der Waals surface area contributed by atoms with Crippen molar-refractivity contribution in [2.45, 2.75) is 50.6 Å². The molecule has 0 fully saturated rings. The first-order valence-electron chi connectivity index (χ1n) is 8.89. The van der Waals surface area contributed by atoms with Gasteiger partial charge >= 0.3 is 5.97 Å². The van der Waals surface area contributed by atoms with Gasteiger partial charge in [-0.05, 0) is 44.2 Å². The minimum absolute atomic E-state index is 0.289. The van der Waals surface area contributed by atoms with Gasteiger partial charge in [0, 0.05) is 5.33 Å². The molecule has 1 aromatic rings. The van der Waals surface area contributed by atoms with Gasteiger partial charge in [0.05, 0.1) is 12.6 Å². The van der Waals surface area contributed by atoms with E-state index in [-0.39, 0.29) is 12.0 Å². The second-order valence-electron chi connectivity index (χ2n) is 5.98. The van der Waals surface area contributed by atoms with Gasteiger partial charge in [-0.15, -0.1) is 0 Å². The van der Waals surface area contributed by atoms with Crippen molar-refractivity contribution < 1.29 is 14.3 Å². The molecule has 0 aromatic heterocycles. The fraction of sp³-hybridized carbons (Fsp3) is 0.579. The first-order valence-corrected chi connectivity index (χ1v) is 10.0. The molecular formula is C19H29BrN2O3. The second kappa shape index (κ2) is 14.0. The van der Waals surface area contributed by atoms with Crippen molar-refractivity contribution >= 4 is 28.2 Å². The normalized spacial score (nSPS) is 13.2. The second-order valence-corrected chi connectivity index (χ2v) is 6.77. The van der Waals surface area contributed by atoms with Gasteiger partial charge in [-0.25, -0.2) is 0 Å². The molecule has 6 heteroatoms. The van der Waals surface area contributed by atoms with Crippen molar-refractivity contribution in [3.8, 4) is 0 Å². The fourth-order valence-electron chi connectivity index (χ4n) is 2.51. The van der Waals surface area contributed by atoms with E-state index in [0.717, 1.165) is 42.9 Å². The predicted octanol–water partition coefficient (Wildman–Crippen LogP) is 2.60. The summed E-state index contributed by atoms with van der Waals surface area (Å²) in [6, 6.07) is 9.16. The number of aldehydes is 1. The molecule has 5 nitrogen and oxygen atoms in total. The number of hydrogen-bond acceptors (Lipinski definition) is 5. The average Bonchev–Trinajstić information content (AvgIpc) is 2.64. The molecule has 140 valence electrons. The zero-order valence-corrected chi connectivity index (χ0v) is 16.2. The van der Waals surface area contributed by atoms with Gasteiger partial charge in [-0.3, -0.25) is 10.1 Å². The van der Waals surface area contributed by atoms with Crippen LogP contribution in [0.3, 0.4) is 0 Å². The van der Waals surface area contributed by atoms with Crippen LogP contribution in [-0.2, 0) is 20.7 Å². The molecule has 2 atom stereocenters. The third kappa shape index (κ3) is 9.72. The zero-order valence-electron chi connectivity index (χ0n) is 14.7. The Morgan fingerprint density at radius 1 is 1.20 bits per heavy atom. The summed E-state index contributed by atoms with van der Waals surface area (Å²) >= 11 is 3.32. The van der Waals surface area contributed by atoms with Crippen LogP contribution in [0.5, 0.6) is 0 Å². The number of ether oxygens (including phenoxy) is 1. The van der Waals surface area contributed by atoms with Crippen LogP contribution in [0.2, 0.25) is 0 Å². The highest BCUT2D eigenvalue weighted by atomic mass is 79.9. The number of aryl methyl sites for hydroxylation is 1. The minimum Gasteiger partial charge on any atom is -0.464 e. The van der Waals surface area contributed by atoms with Crippen molar-refractivity contribution in [1.82, 2.24) is 5.32 Å². The highest BCUT2D eigenvalue weighted by Gasteiger charge is 2.23. The van der Waals surface area contributed by atoms with Crippen LogP contribution in [0.4, 0.5) is 0 Å². The van der Waals surface area contributed by atoms with Crippen LogP contribution in [-0.4, -0.2) is 42.8 Å². The van der Waals surface area contributed by atoms with Crippen molar-refractivity contribution in [3.05, 3.63) is 35.9 Å². The quantitative estimate of drug-likeness (QED) is 0.212. The van der Waals surface area contributed by atoms with Crippen LogP contribution in [0, 0.1) is 0 Å². The first-order chi connectivity index (χ1) is 12.2. The Labute approximate surface area is 158 Å². The molecule has 0 radical (unpaired) electrons. The first kappa shape index (κ1) is 21.8. The number of esters is 1. The van der Waals surface area contributed by atoms with Gasteiger partial charge in [0.15, 0.2) is 0 Å². The summed E-state index contributed by atoms with van der Waals surface area (Å²) in [5.74, 6) is -0.289. The highest BCUT2D eigenvalue weighted by molar-refractivity contribution is 9.09. The SMILES string of the molecule is NCCCC[C@@H](C=O)N[C@@H](CCc1ccccc1)C(=O)OCCCBr. The standard InChI is InChI=1S/C19H29BrN2O3/c20-12-6-14-25-19(24)18(11-10-16-7-2-1-3-8-16)22-17(15-23)9-4-5-13-21/h1-3,7-8,15,17-18,22H,4-6,9-14,21H2/t17-,18-/m0/s1. The Morgan fingerprint density at radius 2 is 1.96 bits per heavy atom. The van der Waals surface area contributed by atoms with E-state index in [1.54, 1.807) is 0 Å². The third-order valence-corrected chi connectivity index (χ3v) is 4.48. The van der Waals surface area contributed by atoms with E-state index in [2.05, 4.69) is 21.2 Å². The van der Waals surface area contributed by atoms with Gasteiger partial charge in [0.1, 0.15) is 12.3 Å². The smallest absolute Gasteiger partial charge is 0.323 e. The number of halogens is 1. The number of unbranched alkanes of at least 4 members (excludes halogenated alkanes) is 1. The van der Waals surface area contributed by atoms with Crippen LogP contribution in [0.25, 0.3) is 0 Å². The Kier molecular flexibility index (Phi) is 12.2. The lowest BCUT2D eigenvalue weighted by Crippen LogP contribution is -2.45. The summed E-state index contributed by atoms with van der Waals surface area (Å²) < 4.78 is 5.34. The molecule has 3 N–H and O–H groups in total. The molecule has 0 aliphatic heterocycles. The number of hydrogen-bond donors (Lipinski definition) is 2. The molecule has 0 unspecified atom stereocenters. The van der Waals surface area contributed by atoms with E-state index in [1.807, 2.05) is 30.3 Å². The molecule has 0 heterocycles. The average molecular weight is 413 g/mol. The van der Waals surface area contributed by atoms with Crippen molar-refractivity contribution in [2.24, 2.45) is 5.73 Å². The Balaban J connectivity index is 2.61. The molecule has 0 aliphatic rings. The highest BCUT2D eigenvalue weighted by Crippen LogP contribution is 2.09. The van der Waals surface area contributed by atoms with E-state index in [4.69, 9.17) is 10.5 Å². The van der Waals surface area contributed by atoms with E-state index in [1.165, 1.54) is 0 Å². The molecule has 0 saturated heterocycles. The number of carbonyl (C=O) groups excluding carboxylic acids is 2. The summed E-state index contributed by atoms with van der Waals surface area (Å²) in [6.07, 6.45) is 5.39. The van der Waals surface area contributed by atoms with E-state index in [0.29, 0.717) is 26.0 Å². The number of benzene rings is 1.